The minimum Gasteiger partial charge on any atom is -0.487 e. The van der Waals surface area contributed by atoms with E-state index in [1.54, 1.807) is 12.1 Å². The maximum Gasteiger partial charge on any atom is 0.262 e. The number of amides is 1. The lowest BCUT2D eigenvalue weighted by Crippen LogP contribution is -2.23. The molecule has 0 fully saturated rings. The van der Waals surface area contributed by atoms with E-state index >= 15 is 0 Å². The lowest BCUT2D eigenvalue weighted by Gasteiger charge is -2.13. The number of nitriles is 1. The molecule has 0 bridgehead atoms. The van der Waals surface area contributed by atoms with E-state index in [0.717, 1.165) is 16.7 Å². The van der Waals surface area contributed by atoms with Crippen LogP contribution in [0.15, 0.2) is 72.3 Å². The highest BCUT2D eigenvalue weighted by Gasteiger charge is 2.14. The zero-order valence-corrected chi connectivity index (χ0v) is 18.4. The summed E-state index contributed by atoms with van der Waals surface area (Å²) in [5, 5.41) is 13.0. The van der Waals surface area contributed by atoms with Crippen LogP contribution in [0.5, 0.6) is 5.75 Å². The van der Waals surface area contributed by atoms with Gasteiger partial charge < -0.3 is 10.1 Å². The van der Waals surface area contributed by atoms with Crippen LogP contribution in [0.3, 0.4) is 0 Å². The molecular weight excluding hydrogens is 431 g/mol. The summed E-state index contributed by atoms with van der Waals surface area (Å²) in [5.41, 5.74) is 3.43. The first-order valence-electron chi connectivity index (χ1n) is 9.57. The number of benzene rings is 3. The van der Waals surface area contributed by atoms with Gasteiger partial charge in [-0.2, -0.15) is 5.26 Å². The van der Waals surface area contributed by atoms with Crippen molar-refractivity contribution in [3.63, 3.8) is 0 Å². The van der Waals surface area contributed by atoms with E-state index in [1.807, 2.05) is 67.6 Å². The van der Waals surface area contributed by atoms with Crippen LogP contribution in [0.4, 0.5) is 0 Å². The topological polar surface area (TPSA) is 62.1 Å². The van der Waals surface area contributed by atoms with Crippen molar-refractivity contribution < 1.29 is 9.53 Å². The summed E-state index contributed by atoms with van der Waals surface area (Å²) in [6.45, 7) is 2.60. The number of carbonyl (C=O) groups excluding carboxylic acids is 1. The molecule has 156 valence electrons. The Morgan fingerprint density at radius 3 is 2.45 bits per heavy atom. The van der Waals surface area contributed by atoms with Gasteiger partial charge in [-0.25, -0.2) is 0 Å². The third-order valence-corrected chi connectivity index (χ3v) is 5.00. The molecule has 3 rings (SSSR count). The number of carbonyl (C=O) groups is 1. The van der Waals surface area contributed by atoms with Crippen molar-refractivity contribution in [3.05, 3.63) is 105 Å². The van der Waals surface area contributed by atoms with Crippen molar-refractivity contribution in [3.8, 4) is 11.8 Å². The van der Waals surface area contributed by atoms with Gasteiger partial charge in [-0.3, -0.25) is 4.79 Å². The van der Waals surface area contributed by atoms with Crippen molar-refractivity contribution >= 4 is 35.2 Å². The number of nitrogens with zero attached hydrogens (tertiary/aromatic N) is 1. The summed E-state index contributed by atoms with van der Waals surface area (Å²) in [6, 6.07) is 22.5. The fourth-order valence-corrected chi connectivity index (χ4v) is 3.42. The molecule has 0 atom stereocenters. The van der Waals surface area contributed by atoms with Gasteiger partial charge in [-0.15, -0.1) is 0 Å². The van der Waals surface area contributed by atoms with Crippen molar-refractivity contribution in [1.29, 1.82) is 5.26 Å². The van der Waals surface area contributed by atoms with Gasteiger partial charge in [0.05, 0.1) is 5.02 Å². The number of hydrogen-bond donors (Lipinski definition) is 1. The van der Waals surface area contributed by atoms with E-state index in [2.05, 4.69) is 5.32 Å². The average Bonchev–Trinajstić information content (AvgIpc) is 2.77. The lowest BCUT2D eigenvalue weighted by atomic mass is 10.1. The van der Waals surface area contributed by atoms with Gasteiger partial charge in [0, 0.05) is 17.1 Å². The summed E-state index contributed by atoms with van der Waals surface area (Å²) in [7, 11) is 0. The second kappa shape index (κ2) is 10.7. The van der Waals surface area contributed by atoms with E-state index in [4.69, 9.17) is 27.9 Å². The van der Waals surface area contributed by atoms with Gasteiger partial charge >= 0.3 is 0 Å². The number of hydrogen-bond acceptors (Lipinski definition) is 3. The second-order valence-corrected chi connectivity index (χ2v) is 7.76. The molecule has 31 heavy (non-hydrogen) atoms. The molecule has 3 aromatic rings. The van der Waals surface area contributed by atoms with Gasteiger partial charge in [0.1, 0.15) is 24.0 Å². The molecule has 0 saturated carbocycles. The van der Waals surface area contributed by atoms with Crippen LogP contribution < -0.4 is 10.1 Å². The van der Waals surface area contributed by atoms with Crippen LogP contribution in [0.1, 0.15) is 22.3 Å². The molecule has 0 aliphatic heterocycles. The number of ether oxygens (including phenoxy) is 1. The van der Waals surface area contributed by atoms with E-state index in [1.165, 1.54) is 6.08 Å². The smallest absolute Gasteiger partial charge is 0.262 e. The van der Waals surface area contributed by atoms with Crippen LogP contribution in [-0.2, 0) is 17.9 Å². The van der Waals surface area contributed by atoms with Crippen LogP contribution in [0, 0.1) is 18.3 Å². The molecule has 0 saturated heterocycles. The third kappa shape index (κ3) is 6.36. The number of nitrogens with one attached hydrogen (secondary N) is 1. The van der Waals surface area contributed by atoms with Gasteiger partial charge in [-0.1, -0.05) is 83.4 Å². The predicted octanol–water partition coefficient (Wildman–Crippen LogP) is 6.10. The maximum absolute atomic E-state index is 12.5. The summed E-state index contributed by atoms with van der Waals surface area (Å²) in [4.78, 5) is 12.5. The van der Waals surface area contributed by atoms with Gasteiger partial charge in [-0.05, 0) is 36.3 Å². The molecule has 4 nitrogen and oxygen atoms in total. The lowest BCUT2D eigenvalue weighted by molar-refractivity contribution is -0.117. The number of aryl methyl sites for hydroxylation is 1. The number of rotatable bonds is 7. The van der Waals surface area contributed by atoms with Crippen molar-refractivity contribution in [2.45, 2.75) is 20.1 Å². The highest BCUT2D eigenvalue weighted by Crippen LogP contribution is 2.34. The van der Waals surface area contributed by atoms with Crippen LogP contribution >= 0.6 is 23.2 Å². The molecule has 0 unspecified atom stereocenters. The SMILES string of the molecule is Cc1ccc(COc2c(Cl)cc(Cl)cc2/C=C(\C#N)C(=O)NCc2ccccc2)cc1. The van der Waals surface area contributed by atoms with E-state index in [0.29, 0.717) is 27.9 Å². The van der Waals surface area contributed by atoms with E-state index < -0.39 is 5.91 Å². The summed E-state index contributed by atoms with van der Waals surface area (Å²) < 4.78 is 5.93. The van der Waals surface area contributed by atoms with Gasteiger partial charge in [0.15, 0.2) is 0 Å². The highest BCUT2D eigenvalue weighted by molar-refractivity contribution is 6.36. The van der Waals surface area contributed by atoms with Crippen molar-refractivity contribution in [2.75, 3.05) is 0 Å². The Morgan fingerprint density at radius 1 is 1.06 bits per heavy atom. The third-order valence-electron chi connectivity index (χ3n) is 4.50. The predicted molar refractivity (Wildman–Crippen MR) is 124 cm³/mol. The molecule has 0 aromatic heterocycles. The molecule has 1 amide bonds. The highest BCUT2D eigenvalue weighted by atomic mass is 35.5. The maximum atomic E-state index is 12.5. The van der Waals surface area contributed by atoms with E-state index in [-0.39, 0.29) is 12.2 Å². The Hall–Kier alpha value is -3.26. The Bertz CT molecular complexity index is 1130. The molecule has 6 heteroatoms. The summed E-state index contributed by atoms with van der Waals surface area (Å²) in [5.74, 6) is -0.137. The minimum absolute atomic E-state index is 0.0746. The van der Waals surface area contributed by atoms with Crippen molar-refractivity contribution in [2.24, 2.45) is 0 Å². The first-order valence-corrected chi connectivity index (χ1v) is 10.3. The fourth-order valence-electron chi connectivity index (χ4n) is 2.86. The molecule has 3 aromatic carbocycles. The molecule has 0 aliphatic rings. The molecule has 0 heterocycles. The molecule has 1 N–H and O–H groups in total. The molecule has 0 aliphatic carbocycles. The quantitative estimate of drug-likeness (QED) is 0.349. The fraction of sp³-hybridized carbons (Fsp3) is 0.120. The average molecular weight is 451 g/mol. The summed E-state index contributed by atoms with van der Waals surface area (Å²) >= 11 is 12.5. The normalized spacial score (nSPS) is 11.0. The first kappa shape index (κ1) is 22.4. The van der Waals surface area contributed by atoms with Crippen LogP contribution in [0.25, 0.3) is 6.08 Å². The molecule has 0 spiro atoms. The zero-order valence-electron chi connectivity index (χ0n) is 16.9. The first-order chi connectivity index (χ1) is 15.0. The summed E-state index contributed by atoms with van der Waals surface area (Å²) in [6.07, 6.45) is 1.43. The monoisotopic (exact) mass is 450 g/mol. The van der Waals surface area contributed by atoms with Crippen molar-refractivity contribution in [1.82, 2.24) is 5.32 Å². The minimum atomic E-state index is -0.494. The Morgan fingerprint density at radius 2 is 1.77 bits per heavy atom. The van der Waals surface area contributed by atoms with Gasteiger partial charge in [0.2, 0.25) is 0 Å². The largest absolute Gasteiger partial charge is 0.487 e. The molecule has 0 radical (unpaired) electrons. The Labute approximate surface area is 191 Å². The number of halogens is 2. The Kier molecular flexibility index (Phi) is 7.72. The Balaban J connectivity index is 1.81. The second-order valence-electron chi connectivity index (χ2n) is 6.92. The van der Waals surface area contributed by atoms with Crippen LogP contribution in [-0.4, -0.2) is 5.91 Å². The van der Waals surface area contributed by atoms with E-state index in [9.17, 15) is 10.1 Å². The van der Waals surface area contributed by atoms with Gasteiger partial charge in [0.25, 0.3) is 5.91 Å². The standard InChI is InChI=1S/C25H20Cl2N2O2/c1-17-7-9-19(10-8-17)16-31-24-20(12-22(26)13-23(24)27)11-21(14-28)25(30)29-15-18-5-3-2-4-6-18/h2-13H,15-16H2,1H3,(H,29,30)/b21-11+. The zero-order chi connectivity index (χ0) is 22.2. The van der Waals surface area contributed by atoms with Crippen LogP contribution in [0.2, 0.25) is 10.0 Å². The molecular formula is C25H20Cl2N2O2.